The molecule has 5 heteroatoms. The monoisotopic (exact) mass is 267 g/mol. The summed E-state index contributed by atoms with van der Waals surface area (Å²) in [7, 11) is 0. The van der Waals surface area contributed by atoms with Gasteiger partial charge < -0.3 is 15.0 Å². The summed E-state index contributed by atoms with van der Waals surface area (Å²) in [6, 6.07) is 0.0658. The molecule has 0 spiro atoms. The van der Waals surface area contributed by atoms with Gasteiger partial charge in [-0.2, -0.15) is 4.98 Å². The molecule has 1 aliphatic rings. The van der Waals surface area contributed by atoms with Crippen LogP contribution >= 0.6 is 0 Å². The van der Waals surface area contributed by atoms with E-state index in [9.17, 15) is 0 Å². The number of nitrogens with zero attached hydrogens (tertiary/aromatic N) is 2. The SMILES string of the molecule is CC(C)(C)CC(N)Cc1nc(CC2CCCO2)no1. The van der Waals surface area contributed by atoms with Crippen molar-refractivity contribution in [2.75, 3.05) is 6.61 Å². The van der Waals surface area contributed by atoms with Crippen LogP contribution in [0.25, 0.3) is 0 Å². The van der Waals surface area contributed by atoms with Crippen LogP contribution in [0.2, 0.25) is 0 Å². The van der Waals surface area contributed by atoms with E-state index in [4.69, 9.17) is 15.0 Å². The maximum Gasteiger partial charge on any atom is 0.228 e. The van der Waals surface area contributed by atoms with Gasteiger partial charge in [-0.25, -0.2) is 0 Å². The third-order valence-electron chi connectivity index (χ3n) is 3.26. The Kier molecular flexibility index (Phi) is 4.58. The fourth-order valence-electron chi connectivity index (χ4n) is 2.55. The van der Waals surface area contributed by atoms with Crippen molar-refractivity contribution in [3.8, 4) is 0 Å². The second kappa shape index (κ2) is 6.01. The minimum atomic E-state index is 0.0658. The van der Waals surface area contributed by atoms with Crippen molar-refractivity contribution >= 4 is 0 Å². The maximum atomic E-state index is 6.11. The normalized spacial score (nSPS) is 21.8. The average molecular weight is 267 g/mol. The van der Waals surface area contributed by atoms with Crippen molar-refractivity contribution in [3.05, 3.63) is 11.7 Å². The molecule has 2 heterocycles. The van der Waals surface area contributed by atoms with Crippen molar-refractivity contribution in [2.24, 2.45) is 11.1 Å². The molecular formula is C14H25N3O2. The highest BCUT2D eigenvalue weighted by atomic mass is 16.5. The van der Waals surface area contributed by atoms with Gasteiger partial charge in [0.05, 0.1) is 6.10 Å². The second-order valence-electron chi connectivity index (χ2n) is 6.67. The smallest absolute Gasteiger partial charge is 0.228 e. The molecule has 5 nitrogen and oxygen atoms in total. The quantitative estimate of drug-likeness (QED) is 0.884. The summed E-state index contributed by atoms with van der Waals surface area (Å²) in [4.78, 5) is 4.41. The average Bonchev–Trinajstić information content (AvgIpc) is 2.88. The summed E-state index contributed by atoms with van der Waals surface area (Å²) in [5.41, 5.74) is 6.33. The summed E-state index contributed by atoms with van der Waals surface area (Å²) in [6.07, 6.45) is 4.82. The Hall–Kier alpha value is -0.940. The van der Waals surface area contributed by atoms with Crippen molar-refractivity contribution in [1.29, 1.82) is 0 Å². The molecule has 1 aliphatic heterocycles. The van der Waals surface area contributed by atoms with Crippen LogP contribution in [0.1, 0.15) is 51.7 Å². The molecule has 2 unspecified atom stereocenters. The van der Waals surface area contributed by atoms with Gasteiger partial charge in [-0.3, -0.25) is 0 Å². The fraction of sp³-hybridized carbons (Fsp3) is 0.857. The van der Waals surface area contributed by atoms with Crippen molar-refractivity contribution in [3.63, 3.8) is 0 Å². The van der Waals surface area contributed by atoms with E-state index in [1.54, 1.807) is 0 Å². The largest absolute Gasteiger partial charge is 0.378 e. The molecule has 1 fully saturated rings. The minimum absolute atomic E-state index is 0.0658. The van der Waals surface area contributed by atoms with Crippen molar-refractivity contribution in [2.45, 2.75) is 65.0 Å². The zero-order chi connectivity index (χ0) is 13.9. The van der Waals surface area contributed by atoms with Crippen LogP contribution in [0, 0.1) is 5.41 Å². The van der Waals surface area contributed by atoms with Gasteiger partial charge in [-0.1, -0.05) is 25.9 Å². The van der Waals surface area contributed by atoms with Gasteiger partial charge in [0.1, 0.15) is 0 Å². The first-order valence-electron chi connectivity index (χ1n) is 7.11. The van der Waals surface area contributed by atoms with Crippen molar-refractivity contribution in [1.82, 2.24) is 10.1 Å². The van der Waals surface area contributed by atoms with Gasteiger partial charge in [-0.05, 0) is 24.7 Å². The van der Waals surface area contributed by atoms with Gasteiger partial charge in [-0.15, -0.1) is 0 Å². The predicted octanol–water partition coefficient (Wildman–Crippen LogP) is 2.10. The molecule has 108 valence electrons. The Labute approximate surface area is 114 Å². The summed E-state index contributed by atoms with van der Waals surface area (Å²) in [5, 5.41) is 4.01. The van der Waals surface area contributed by atoms with E-state index >= 15 is 0 Å². The first-order chi connectivity index (χ1) is 8.92. The number of nitrogens with two attached hydrogens (primary N) is 1. The van der Waals surface area contributed by atoms with Crippen LogP contribution in [0.4, 0.5) is 0 Å². The van der Waals surface area contributed by atoms with Crippen LogP contribution < -0.4 is 5.73 Å². The maximum absolute atomic E-state index is 6.11. The van der Waals surface area contributed by atoms with Crippen LogP contribution in [-0.4, -0.2) is 28.9 Å². The number of rotatable bonds is 5. The van der Waals surface area contributed by atoms with E-state index in [1.807, 2.05) is 0 Å². The van der Waals surface area contributed by atoms with Gasteiger partial charge in [0.2, 0.25) is 5.89 Å². The van der Waals surface area contributed by atoms with E-state index in [0.29, 0.717) is 12.3 Å². The zero-order valence-electron chi connectivity index (χ0n) is 12.2. The molecule has 2 atom stereocenters. The number of ether oxygens (including phenoxy) is 1. The molecule has 19 heavy (non-hydrogen) atoms. The number of hydrogen-bond donors (Lipinski definition) is 1. The molecular weight excluding hydrogens is 242 g/mol. The number of hydrogen-bond acceptors (Lipinski definition) is 5. The number of aromatic nitrogens is 2. The second-order valence-corrected chi connectivity index (χ2v) is 6.67. The summed E-state index contributed by atoms with van der Waals surface area (Å²) < 4.78 is 10.8. The zero-order valence-corrected chi connectivity index (χ0v) is 12.2. The van der Waals surface area contributed by atoms with Gasteiger partial charge >= 0.3 is 0 Å². The molecule has 2 N–H and O–H groups in total. The van der Waals surface area contributed by atoms with Crippen LogP contribution in [-0.2, 0) is 17.6 Å². The molecule has 1 aromatic rings. The Balaban J connectivity index is 1.83. The third kappa shape index (κ3) is 4.91. The van der Waals surface area contributed by atoms with Crippen LogP contribution in [0.3, 0.4) is 0 Å². The van der Waals surface area contributed by atoms with Crippen molar-refractivity contribution < 1.29 is 9.26 Å². The topological polar surface area (TPSA) is 74.2 Å². The molecule has 0 aromatic carbocycles. The standard InChI is InChI=1S/C14H25N3O2/c1-14(2,3)9-10(15)7-13-16-12(17-19-13)8-11-5-4-6-18-11/h10-11H,4-9,15H2,1-3H3. The Morgan fingerprint density at radius 1 is 1.42 bits per heavy atom. The summed E-state index contributed by atoms with van der Waals surface area (Å²) in [5.74, 6) is 1.38. The first-order valence-corrected chi connectivity index (χ1v) is 7.11. The van der Waals surface area contributed by atoms with E-state index < -0.39 is 0 Å². The van der Waals surface area contributed by atoms with Gasteiger partial charge in [0.25, 0.3) is 0 Å². The first kappa shape index (κ1) is 14.5. The lowest BCUT2D eigenvalue weighted by molar-refractivity contribution is 0.109. The molecule has 0 bridgehead atoms. The van der Waals surface area contributed by atoms with Crippen LogP contribution in [0.5, 0.6) is 0 Å². The lowest BCUT2D eigenvalue weighted by Gasteiger charge is -2.21. The Morgan fingerprint density at radius 2 is 2.21 bits per heavy atom. The molecule has 1 saturated heterocycles. The van der Waals surface area contributed by atoms with E-state index in [-0.39, 0.29) is 17.6 Å². The molecule has 0 saturated carbocycles. The Morgan fingerprint density at radius 3 is 2.84 bits per heavy atom. The van der Waals surface area contributed by atoms with E-state index in [0.717, 1.165) is 38.1 Å². The molecule has 1 aromatic heterocycles. The van der Waals surface area contributed by atoms with E-state index in [2.05, 4.69) is 30.9 Å². The molecule has 0 radical (unpaired) electrons. The molecule has 0 amide bonds. The van der Waals surface area contributed by atoms with Gasteiger partial charge in [0.15, 0.2) is 5.82 Å². The Bertz CT molecular complexity index is 392. The predicted molar refractivity (Wildman–Crippen MR) is 72.7 cm³/mol. The summed E-state index contributed by atoms with van der Waals surface area (Å²) in [6.45, 7) is 7.41. The lowest BCUT2D eigenvalue weighted by Crippen LogP contribution is -2.28. The van der Waals surface area contributed by atoms with E-state index in [1.165, 1.54) is 0 Å². The highest BCUT2D eigenvalue weighted by molar-refractivity contribution is 4.92. The third-order valence-corrected chi connectivity index (χ3v) is 3.26. The highest BCUT2D eigenvalue weighted by Crippen LogP contribution is 2.21. The minimum Gasteiger partial charge on any atom is -0.378 e. The fourth-order valence-corrected chi connectivity index (χ4v) is 2.55. The van der Waals surface area contributed by atoms with Crippen LogP contribution in [0.15, 0.2) is 4.52 Å². The van der Waals surface area contributed by atoms with Gasteiger partial charge in [0, 0.05) is 25.5 Å². The highest BCUT2D eigenvalue weighted by Gasteiger charge is 2.21. The molecule has 0 aliphatic carbocycles. The summed E-state index contributed by atoms with van der Waals surface area (Å²) >= 11 is 0. The lowest BCUT2D eigenvalue weighted by atomic mass is 9.87. The molecule has 2 rings (SSSR count).